The van der Waals surface area contributed by atoms with E-state index in [2.05, 4.69) is 4.98 Å². The Morgan fingerprint density at radius 2 is 1.41 bits per heavy atom. The molecule has 0 bridgehead atoms. The molecule has 3 N–H and O–H groups in total. The average molecular weight is 364 g/mol. The standard InChI is InChI=1S/C11H11NO2.C10H9NO2/c1-7-5-11(14)12(2)10-6-8(13)3-4-9(7)10;1-6-4-10(13)11-9-5-7(12)2-3-8(6)9/h3-6,13H,1-2H3;2-5,12H,1H3,(H,11,13). The Kier molecular flexibility index (Phi) is 4.73. The van der Waals surface area contributed by atoms with Gasteiger partial charge in [-0.05, 0) is 49.2 Å². The van der Waals surface area contributed by atoms with E-state index in [1.54, 1.807) is 49.5 Å². The maximum atomic E-state index is 11.4. The van der Waals surface area contributed by atoms with Gasteiger partial charge in [0.05, 0.1) is 11.0 Å². The lowest BCUT2D eigenvalue weighted by atomic mass is 10.1. The molecule has 2 aromatic carbocycles. The number of nitrogens with zero attached hydrogens (tertiary/aromatic N) is 1. The minimum absolute atomic E-state index is 0.0550. The molecule has 0 saturated carbocycles. The summed E-state index contributed by atoms with van der Waals surface area (Å²) in [6.07, 6.45) is 0. The molecule has 0 spiro atoms. The number of H-pyrrole nitrogens is 1. The number of phenolic OH excluding ortho intramolecular Hbond substituents is 2. The van der Waals surface area contributed by atoms with Crippen molar-refractivity contribution in [3.63, 3.8) is 0 Å². The minimum atomic E-state index is -0.143. The molecule has 0 radical (unpaired) electrons. The van der Waals surface area contributed by atoms with Crippen LogP contribution in [-0.4, -0.2) is 19.8 Å². The molecule has 0 unspecified atom stereocenters. The zero-order valence-corrected chi connectivity index (χ0v) is 15.3. The van der Waals surface area contributed by atoms with E-state index < -0.39 is 0 Å². The Balaban J connectivity index is 0.000000156. The molecular weight excluding hydrogens is 344 g/mol. The highest BCUT2D eigenvalue weighted by atomic mass is 16.3. The smallest absolute Gasteiger partial charge is 0.251 e. The quantitative estimate of drug-likeness (QED) is 0.447. The van der Waals surface area contributed by atoms with E-state index in [0.717, 1.165) is 27.4 Å². The first-order valence-corrected chi connectivity index (χ1v) is 8.38. The normalized spacial score (nSPS) is 10.6. The van der Waals surface area contributed by atoms with Crippen molar-refractivity contribution in [2.45, 2.75) is 13.8 Å². The van der Waals surface area contributed by atoms with E-state index in [4.69, 9.17) is 0 Å². The molecule has 6 heteroatoms. The van der Waals surface area contributed by atoms with Crippen LogP contribution in [0.2, 0.25) is 0 Å². The first-order valence-electron chi connectivity index (χ1n) is 8.38. The van der Waals surface area contributed by atoms with Crippen molar-refractivity contribution in [2.24, 2.45) is 7.05 Å². The highest BCUT2D eigenvalue weighted by Crippen LogP contribution is 2.21. The molecule has 138 valence electrons. The van der Waals surface area contributed by atoms with Gasteiger partial charge in [-0.25, -0.2) is 0 Å². The number of pyridine rings is 2. The lowest BCUT2D eigenvalue weighted by Gasteiger charge is -2.07. The van der Waals surface area contributed by atoms with Gasteiger partial charge in [-0.15, -0.1) is 0 Å². The summed E-state index contributed by atoms with van der Waals surface area (Å²) in [5, 5.41) is 20.5. The van der Waals surface area contributed by atoms with Gasteiger partial charge in [0.1, 0.15) is 11.5 Å². The third kappa shape index (κ3) is 3.69. The molecule has 27 heavy (non-hydrogen) atoms. The second-order valence-electron chi connectivity index (χ2n) is 6.47. The van der Waals surface area contributed by atoms with E-state index >= 15 is 0 Å². The summed E-state index contributed by atoms with van der Waals surface area (Å²) in [4.78, 5) is 25.2. The molecule has 0 saturated heterocycles. The largest absolute Gasteiger partial charge is 0.508 e. The number of nitrogens with one attached hydrogen (secondary N) is 1. The Morgan fingerprint density at radius 1 is 0.815 bits per heavy atom. The molecule has 0 aliphatic heterocycles. The Morgan fingerprint density at radius 3 is 2.11 bits per heavy atom. The average Bonchev–Trinajstić information content (AvgIpc) is 2.59. The first kappa shape index (κ1) is 18.3. The fourth-order valence-electron chi connectivity index (χ4n) is 3.03. The van der Waals surface area contributed by atoms with Crippen LogP contribution >= 0.6 is 0 Å². The topological polar surface area (TPSA) is 95.3 Å². The van der Waals surface area contributed by atoms with Crippen molar-refractivity contribution in [1.29, 1.82) is 0 Å². The molecule has 0 atom stereocenters. The fourth-order valence-corrected chi connectivity index (χ4v) is 3.03. The molecule has 2 heterocycles. The van der Waals surface area contributed by atoms with Crippen molar-refractivity contribution in [3.8, 4) is 11.5 Å². The maximum absolute atomic E-state index is 11.4. The summed E-state index contributed by atoms with van der Waals surface area (Å²) in [5.41, 5.74) is 3.08. The third-order valence-electron chi connectivity index (χ3n) is 4.47. The van der Waals surface area contributed by atoms with Gasteiger partial charge in [-0.2, -0.15) is 0 Å². The van der Waals surface area contributed by atoms with Crippen molar-refractivity contribution in [3.05, 3.63) is 80.4 Å². The van der Waals surface area contributed by atoms with Gasteiger partial charge in [0, 0.05) is 42.1 Å². The van der Waals surface area contributed by atoms with Gasteiger partial charge in [-0.1, -0.05) is 0 Å². The van der Waals surface area contributed by atoms with Gasteiger partial charge < -0.3 is 19.8 Å². The van der Waals surface area contributed by atoms with Crippen LogP contribution in [0.5, 0.6) is 11.5 Å². The highest BCUT2D eigenvalue weighted by Gasteiger charge is 2.03. The molecule has 0 aliphatic rings. The number of hydrogen-bond donors (Lipinski definition) is 3. The van der Waals surface area contributed by atoms with Crippen molar-refractivity contribution >= 4 is 21.8 Å². The second-order valence-corrected chi connectivity index (χ2v) is 6.47. The molecule has 4 aromatic rings. The van der Waals surface area contributed by atoms with Crippen molar-refractivity contribution < 1.29 is 10.2 Å². The van der Waals surface area contributed by atoms with Crippen LogP contribution in [0.4, 0.5) is 0 Å². The fraction of sp³-hybridized carbons (Fsp3) is 0.143. The summed E-state index contributed by atoms with van der Waals surface area (Å²) in [7, 11) is 1.70. The highest BCUT2D eigenvalue weighted by molar-refractivity contribution is 5.84. The predicted octanol–water partition coefficient (Wildman–Crippen LogP) is 3.09. The number of benzene rings is 2. The molecule has 0 aliphatic carbocycles. The van der Waals surface area contributed by atoms with Crippen molar-refractivity contribution in [2.75, 3.05) is 0 Å². The van der Waals surface area contributed by atoms with Gasteiger partial charge in [0.25, 0.3) is 5.56 Å². The summed E-state index contributed by atoms with van der Waals surface area (Å²) in [5.74, 6) is 0.340. The maximum Gasteiger partial charge on any atom is 0.251 e. The zero-order chi connectivity index (χ0) is 19.7. The Labute approximate surface area is 155 Å². The molecule has 6 nitrogen and oxygen atoms in total. The SMILES string of the molecule is Cc1cc(=O)[nH]c2cc(O)ccc12.Cc1cc(=O)n(C)c2cc(O)ccc12. The Hall–Kier alpha value is -3.54. The van der Waals surface area contributed by atoms with Gasteiger partial charge in [-0.3, -0.25) is 9.59 Å². The van der Waals surface area contributed by atoms with Crippen LogP contribution in [0.3, 0.4) is 0 Å². The number of rotatable bonds is 0. The summed E-state index contributed by atoms with van der Waals surface area (Å²) in [6, 6.07) is 13.1. The number of phenols is 2. The van der Waals surface area contributed by atoms with E-state index in [-0.39, 0.29) is 22.6 Å². The lowest BCUT2D eigenvalue weighted by molar-refractivity contribution is 0.475. The number of fused-ring (bicyclic) bond motifs is 2. The second kappa shape index (κ2) is 6.99. The molecular formula is C21H20N2O4. The van der Waals surface area contributed by atoms with Gasteiger partial charge >= 0.3 is 0 Å². The van der Waals surface area contributed by atoms with Crippen molar-refractivity contribution in [1.82, 2.24) is 9.55 Å². The number of hydrogen-bond acceptors (Lipinski definition) is 4. The Bertz CT molecular complexity index is 1270. The first-order chi connectivity index (χ1) is 12.8. The van der Waals surface area contributed by atoms with E-state index in [9.17, 15) is 19.8 Å². The third-order valence-corrected chi connectivity index (χ3v) is 4.47. The predicted molar refractivity (Wildman–Crippen MR) is 107 cm³/mol. The van der Waals surface area contributed by atoms with Gasteiger partial charge in [0.15, 0.2) is 0 Å². The number of aryl methyl sites for hydroxylation is 3. The van der Waals surface area contributed by atoms with Crippen LogP contribution in [0.1, 0.15) is 11.1 Å². The monoisotopic (exact) mass is 364 g/mol. The summed E-state index contributed by atoms with van der Waals surface area (Å²) >= 11 is 0. The van der Waals surface area contributed by atoms with E-state index in [1.807, 2.05) is 19.9 Å². The number of aromatic hydroxyl groups is 2. The summed E-state index contributed by atoms with van der Waals surface area (Å²) in [6.45, 7) is 3.76. The minimum Gasteiger partial charge on any atom is -0.508 e. The molecule has 0 amide bonds. The van der Waals surface area contributed by atoms with E-state index in [1.165, 1.54) is 4.57 Å². The lowest BCUT2D eigenvalue weighted by Crippen LogP contribution is -2.16. The van der Waals surface area contributed by atoms with Crippen LogP contribution in [0.25, 0.3) is 21.8 Å². The summed E-state index contributed by atoms with van der Waals surface area (Å²) < 4.78 is 1.53. The zero-order valence-electron chi connectivity index (χ0n) is 15.3. The van der Waals surface area contributed by atoms with Crippen LogP contribution < -0.4 is 11.1 Å². The van der Waals surface area contributed by atoms with Crippen LogP contribution in [0, 0.1) is 13.8 Å². The molecule has 0 fully saturated rings. The van der Waals surface area contributed by atoms with Gasteiger partial charge in [0.2, 0.25) is 5.56 Å². The molecule has 2 aromatic heterocycles. The number of aromatic nitrogens is 2. The van der Waals surface area contributed by atoms with Crippen LogP contribution in [0.15, 0.2) is 58.1 Å². The van der Waals surface area contributed by atoms with E-state index in [0.29, 0.717) is 5.52 Å². The molecule has 4 rings (SSSR count). The number of aromatic amines is 1. The van der Waals surface area contributed by atoms with Crippen LogP contribution in [-0.2, 0) is 7.05 Å².